The summed E-state index contributed by atoms with van der Waals surface area (Å²) >= 11 is 0. The molecule has 1 N–H and O–H groups in total. The second-order valence-corrected chi connectivity index (χ2v) is 7.28. The van der Waals surface area contributed by atoms with E-state index < -0.39 is 6.10 Å². The van der Waals surface area contributed by atoms with Gasteiger partial charge < -0.3 is 24.4 Å². The molecule has 0 spiro atoms. The third-order valence-corrected chi connectivity index (χ3v) is 4.63. The van der Waals surface area contributed by atoms with Crippen molar-refractivity contribution in [3.63, 3.8) is 0 Å². The largest absolute Gasteiger partial charge is 0.496 e. The van der Waals surface area contributed by atoms with Crippen LogP contribution in [0.2, 0.25) is 0 Å². The highest BCUT2D eigenvalue weighted by molar-refractivity contribution is 6.08. The minimum absolute atomic E-state index is 0.0678. The summed E-state index contributed by atoms with van der Waals surface area (Å²) in [7, 11) is 3.00. The number of carbonyl (C=O) groups is 2. The molecule has 0 aliphatic carbocycles. The minimum Gasteiger partial charge on any atom is -0.496 e. The fraction of sp³-hybridized carbons (Fsp3) is 0.364. The van der Waals surface area contributed by atoms with Gasteiger partial charge in [0.05, 0.1) is 19.9 Å². The molecule has 1 atom stereocenters. The van der Waals surface area contributed by atoms with Gasteiger partial charge in [-0.3, -0.25) is 9.59 Å². The lowest BCUT2D eigenvalue weighted by molar-refractivity contribution is -0.125. The van der Waals surface area contributed by atoms with E-state index in [-0.39, 0.29) is 11.8 Å². The lowest BCUT2D eigenvalue weighted by Gasteiger charge is -2.34. The Kier molecular flexibility index (Phi) is 5.96. The monoisotopic (exact) mass is 398 g/mol. The Morgan fingerprint density at radius 3 is 2.41 bits per heavy atom. The number of hydrogen-bond acceptors (Lipinski definition) is 5. The average Bonchev–Trinajstić information content (AvgIpc) is 2.70. The summed E-state index contributed by atoms with van der Waals surface area (Å²) in [6.45, 7) is 6.44. The summed E-state index contributed by atoms with van der Waals surface area (Å²) in [6, 6.07) is 10.4. The molecule has 0 fully saturated rings. The van der Waals surface area contributed by atoms with Gasteiger partial charge >= 0.3 is 0 Å². The number of methoxy groups -OCH3 is 2. The van der Waals surface area contributed by atoms with E-state index in [1.807, 2.05) is 0 Å². The van der Waals surface area contributed by atoms with Crippen molar-refractivity contribution in [3.05, 3.63) is 42.0 Å². The third kappa shape index (κ3) is 4.13. The molecule has 0 bridgehead atoms. The number of benzene rings is 2. The Balaban J connectivity index is 1.90. The van der Waals surface area contributed by atoms with Crippen LogP contribution in [0.5, 0.6) is 17.2 Å². The zero-order valence-corrected chi connectivity index (χ0v) is 17.3. The number of nitrogens with zero attached hydrogens (tertiary/aromatic N) is 1. The molecule has 0 saturated carbocycles. The van der Waals surface area contributed by atoms with Crippen molar-refractivity contribution in [2.45, 2.75) is 26.9 Å². The molecule has 1 aliphatic heterocycles. The Labute approximate surface area is 170 Å². The Morgan fingerprint density at radius 1 is 1.17 bits per heavy atom. The fourth-order valence-electron chi connectivity index (χ4n) is 3.31. The fourth-order valence-corrected chi connectivity index (χ4v) is 3.31. The smallest absolute Gasteiger partial charge is 0.267 e. The predicted molar refractivity (Wildman–Crippen MR) is 111 cm³/mol. The van der Waals surface area contributed by atoms with Crippen molar-refractivity contribution in [1.82, 2.24) is 0 Å². The molecule has 0 radical (unpaired) electrons. The quantitative estimate of drug-likeness (QED) is 0.802. The minimum atomic E-state index is -0.582. The maximum Gasteiger partial charge on any atom is 0.267 e. The second-order valence-electron chi connectivity index (χ2n) is 7.28. The summed E-state index contributed by atoms with van der Waals surface area (Å²) in [5, 5.41) is 2.86. The number of carbonyl (C=O) groups excluding carboxylic acids is 2. The van der Waals surface area contributed by atoms with Crippen molar-refractivity contribution >= 4 is 23.2 Å². The molecule has 154 valence electrons. The van der Waals surface area contributed by atoms with Crippen LogP contribution >= 0.6 is 0 Å². The van der Waals surface area contributed by atoms with Crippen molar-refractivity contribution in [2.24, 2.45) is 5.92 Å². The second kappa shape index (κ2) is 8.43. The molecule has 0 aromatic heterocycles. The van der Waals surface area contributed by atoms with Gasteiger partial charge in [0.1, 0.15) is 22.8 Å². The number of nitrogens with one attached hydrogen (secondary N) is 1. The highest BCUT2D eigenvalue weighted by Gasteiger charge is 2.32. The van der Waals surface area contributed by atoms with Gasteiger partial charge in [-0.2, -0.15) is 0 Å². The van der Waals surface area contributed by atoms with Gasteiger partial charge in [0, 0.05) is 18.3 Å². The van der Waals surface area contributed by atoms with E-state index in [9.17, 15) is 9.59 Å². The average molecular weight is 398 g/mol. The molecule has 29 heavy (non-hydrogen) atoms. The van der Waals surface area contributed by atoms with E-state index in [1.54, 1.807) is 48.2 Å². The van der Waals surface area contributed by atoms with Gasteiger partial charge in [-0.15, -0.1) is 0 Å². The molecule has 1 unspecified atom stereocenters. The van der Waals surface area contributed by atoms with E-state index >= 15 is 0 Å². The Morgan fingerprint density at radius 2 is 1.83 bits per heavy atom. The summed E-state index contributed by atoms with van der Waals surface area (Å²) in [5.41, 5.74) is 1.56. The SMILES string of the molecule is COc1cccc(OC)c1C(=O)Nc1ccc2c(c1)OC(C)C(=O)N2CC(C)C. The molecule has 2 amide bonds. The molecule has 2 aromatic rings. The van der Waals surface area contributed by atoms with Crippen molar-refractivity contribution < 1.29 is 23.8 Å². The standard InChI is InChI=1S/C22H26N2O5/c1-13(2)12-24-16-10-9-15(11-19(16)29-14(3)22(24)26)23-21(25)20-17(27-4)7-6-8-18(20)28-5/h6-11,13-14H,12H2,1-5H3,(H,23,25). The Hall–Kier alpha value is -3.22. The molecular formula is C22H26N2O5. The maximum absolute atomic E-state index is 12.9. The van der Waals surface area contributed by atoms with E-state index in [0.29, 0.717) is 46.6 Å². The van der Waals surface area contributed by atoms with Crippen LogP contribution in [0.25, 0.3) is 0 Å². The summed E-state index contributed by atoms with van der Waals surface area (Å²) in [4.78, 5) is 27.1. The molecule has 1 heterocycles. The first kappa shape index (κ1) is 20.5. The van der Waals surface area contributed by atoms with Crippen LogP contribution in [-0.4, -0.2) is 38.7 Å². The molecular weight excluding hydrogens is 372 g/mol. The van der Waals surface area contributed by atoms with Crippen LogP contribution < -0.4 is 24.4 Å². The lowest BCUT2D eigenvalue weighted by Crippen LogP contribution is -2.46. The van der Waals surface area contributed by atoms with Crippen molar-refractivity contribution in [1.29, 1.82) is 0 Å². The third-order valence-electron chi connectivity index (χ3n) is 4.63. The van der Waals surface area contributed by atoms with Crippen LogP contribution in [0.1, 0.15) is 31.1 Å². The van der Waals surface area contributed by atoms with Gasteiger partial charge in [-0.05, 0) is 37.1 Å². The maximum atomic E-state index is 12.9. The number of ether oxygens (including phenoxy) is 3. The van der Waals surface area contributed by atoms with Crippen LogP contribution in [0.3, 0.4) is 0 Å². The number of amides is 2. The molecule has 2 aromatic carbocycles. The van der Waals surface area contributed by atoms with Gasteiger partial charge in [-0.25, -0.2) is 0 Å². The van der Waals surface area contributed by atoms with E-state index in [1.165, 1.54) is 14.2 Å². The van der Waals surface area contributed by atoms with Crippen molar-refractivity contribution in [3.8, 4) is 17.2 Å². The van der Waals surface area contributed by atoms with Gasteiger partial charge in [0.25, 0.3) is 11.8 Å². The first-order chi connectivity index (χ1) is 13.8. The highest BCUT2D eigenvalue weighted by atomic mass is 16.5. The Bertz CT molecular complexity index is 903. The van der Waals surface area contributed by atoms with Crippen molar-refractivity contribution in [2.75, 3.05) is 31.0 Å². The van der Waals surface area contributed by atoms with E-state index in [0.717, 1.165) is 0 Å². The van der Waals surface area contributed by atoms with Crippen LogP contribution in [0.4, 0.5) is 11.4 Å². The normalized spacial score (nSPS) is 15.6. The zero-order valence-electron chi connectivity index (χ0n) is 17.3. The molecule has 3 rings (SSSR count). The molecule has 1 aliphatic rings. The van der Waals surface area contributed by atoms with Crippen LogP contribution in [-0.2, 0) is 4.79 Å². The molecule has 7 nitrogen and oxygen atoms in total. The van der Waals surface area contributed by atoms with Crippen LogP contribution in [0.15, 0.2) is 36.4 Å². The molecule has 0 saturated heterocycles. The highest BCUT2D eigenvalue weighted by Crippen LogP contribution is 2.37. The van der Waals surface area contributed by atoms with Crippen LogP contribution in [0, 0.1) is 5.92 Å². The topological polar surface area (TPSA) is 77.1 Å². The summed E-state index contributed by atoms with van der Waals surface area (Å²) in [6.07, 6.45) is -0.582. The van der Waals surface area contributed by atoms with E-state index in [4.69, 9.17) is 14.2 Å². The number of rotatable bonds is 6. The molecule has 7 heteroatoms. The van der Waals surface area contributed by atoms with Gasteiger partial charge in [0.2, 0.25) is 0 Å². The number of anilines is 2. The zero-order chi connectivity index (χ0) is 21.1. The summed E-state index contributed by atoms with van der Waals surface area (Å²) in [5.74, 6) is 1.27. The number of fused-ring (bicyclic) bond motifs is 1. The number of hydrogen-bond donors (Lipinski definition) is 1. The van der Waals surface area contributed by atoms with Gasteiger partial charge in [-0.1, -0.05) is 19.9 Å². The van der Waals surface area contributed by atoms with E-state index in [2.05, 4.69) is 19.2 Å². The first-order valence-corrected chi connectivity index (χ1v) is 9.50. The first-order valence-electron chi connectivity index (χ1n) is 9.50. The van der Waals surface area contributed by atoms with Gasteiger partial charge in [0.15, 0.2) is 6.10 Å². The predicted octanol–water partition coefficient (Wildman–Crippen LogP) is 3.73. The summed E-state index contributed by atoms with van der Waals surface area (Å²) < 4.78 is 16.4. The lowest BCUT2D eigenvalue weighted by atomic mass is 10.1.